The lowest BCUT2D eigenvalue weighted by Crippen LogP contribution is -2.23. The van der Waals surface area contributed by atoms with Crippen LogP contribution in [-0.4, -0.2) is 32.6 Å². The summed E-state index contributed by atoms with van der Waals surface area (Å²) in [6.07, 6.45) is 7.03. The second-order valence-corrected chi connectivity index (χ2v) is 4.98. The minimum absolute atomic E-state index is 0.0188. The first-order valence-electron chi connectivity index (χ1n) is 6.53. The summed E-state index contributed by atoms with van der Waals surface area (Å²) in [5.74, 6) is 1.70. The zero-order valence-corrected chi connectivity index (χ0v) is 10.0. The van der Waals surface area contributed by atoms with Crippen molar-refractivity contribution in [3.05, 3.63) is 11.6 Å². The summed E-state index contributed by atoms with van der Waals surface area (Å²) in [5, 5.41) is 17.5. The molecule has 17 heavy (non-hydrogen) atoms. The molecule has 1 aliphatic carbocycles. The molecule has 1 unspecified atom stereocenters. The number of rotatable bonds is 4. The van der Waals surface area contributed by atoms with Gasteiger partial charge in [-0.15, -0.1) is 10.2 Å². The minimum Gasteiger partial charge on any atom is -0.388 e. The Hall–Kier alpha value is -0.940. The summed E-state index contributed by atoms with van der Waals surface area (Å²) in [4.78, 5) is 0. The molecule has 0 radical (unpaired) electrons. The molecule has 1 N–H and O–H groups in total. The molecule has 94 valence electrons. The molecule has 1 saturated heterocycles. The summed E-state index contributed by atoms with van der Waals surface area (Å²) in [5.41, 5.74) is 0. The molecule has 2 heterocycles. The fourth-order valence-electron chi connectivity index (χ4n) is 2.53. The first-order valence-corrected chi connectivity index (χ1v) is 6.53. The van der Waals surface area contributed by atoms with Crippen LogP contribution in [0.1, 0.15) is 49.8 Å². The number of aliphatic hydroxyl groups excluding tert-OH is 1. The van der Waals surface area contributed by atoms with Crippen molar-refractivity contribution in [3.8, 4) is 0 Å². The second-order valence-electron chi connectivity index (χ2n) is 4.98. The van der Waals surface area contributed by atoms with Gasteiger partial charge < -0.3 is 14.4 Å². The van der Waals surface area contributed by atoms with E-state index < -0.39 is 0 Å². The van der Waals surface area contributed by atoms with Crippen molar-refractivity contribution in [3.63, 3.8) is 0 Å². The van der Waals surface area contributed by atoms with Crippen LogP contribution in [0, 0.1) is 0 Å². The van der Waals surface area contributed by atoms with Crippen molar-refractivity contribution in [2.75, 3.05) is 6.61 Å². The van der Waals surface area contributed by atoms with Crippen molar-refractivity contribution in [2.45, 2.75) is 57.3 Å². The number of nitrogens with zero attached hydrogens (tertiary/aromatic N) is 3. The molecule has 0 bridgehead atoms. The third-order valence-electron chi connectivity index (χ3n) is 3.57. The van der Waals surface area contributed by atoms with E-state index in [4.69, 9.17) is 4.74 Å². The predicted octanol–water partition coefficient (Wildman–Crippen LogP) is 1.22. The molecule has 0 spiro atoms. The van der Waals surface area contributed by atoms with E-state index in [1.165, 1.54) is 25.7 Å². The van der Waals surface area contributed by atoms with E-state index in [0.717, 1.165) is 25.3 Å². The molecule has 1 saturated carbocycles. The molecule has 0 amide bonds. The average Bonchev–Trinajstić information content (AvgIpc) is 3.13. The number of ether oxygens (including phenoxy) is 1. The van der Waals surface area contributed by atoms with Gasteiger partial charge in [0.2, 0.25) is 0 Å². The Morgan fingerprint density at radius 1 is 1.18 bits per heavy atom. The highest BCUT2D eigenvalue weighted by molar-refractivity contribution is 5.03. The van der Waals surface area contributed by atoms with Gasteiger partial charge in [-0.2, -0.15) is 0 Å². The molecule has 0 aromatic carbocycles. The van der Waals surface area contributed by atoms with Crippen molar-refractivity contribution >= 4 is 0 Å². The number of hydrogen-bond acceptors (Lipinski definition) is 4. The Kier molecular flexibility index (Phi) is 3.11. The molecule has 2 fully saturated rings. The first-order chi connectivity index (χ1) is 8.38. The van der Waals surface area contributed by atoms with Crippen LogP contribution in [0.15, 0.2) is 0 Å². The van der Waals surface area contributed by atoms with Gasteiger partial charge in [0.1, 0.15) is 12.4 Å². The minimum atomic E-state index is -0.0188. The highest BCUT2D eigenvalue weighted by Crippen LogP contribution is 2.37. The Labute approximate surface area is 101 Å². The van der Waals surface area contributed by atoms with Crippen LogP contribution in [0.5, 0.6) is 0 Å². The summed E-state index contributed by atoms with van der Waals surface area (Å²) in [6.45, 7) is 0.851. The molecule has 2 aliphatic rings. The maximum Gasteiger partial charge on any atom is 0.159 e. The van der Waals surface area contributed by atoms with Crippen molar-refractivity contribution in [1.82, 2.24) is 14.8 Å². The van der Waals surface area contributed by atoms with Crippen LogP contribution >= 0.6 is 0 Å². The SMILES string of the molecule is OCc1nnc(CC2CCCCO2)n1C1CC1. The van der Waals surface area contributed by atoms with Gasteiger partial charge in [0.05, 0.1) is 6.10 Å². The van der Waals surface area contributed by atoms with Gasteiger partial charge in [-0.3, -0.25) is 0 Å². The van der Waals surface area contributed by atoms with Crippen LogP contribution < -0.4 is 0 Å². The van der Waals surface area contributed by atoms with Gasteiger partial charge in [0.25, 0.3) is 0 Å². The van der Waals surface area contributed by atoms with E-state index in [9.17, 15) is 5.11 Å². The Balaban J connectivity index is 1.74. The number of aromatic nitrogens is 3. The van der Waals surface area contributed by atoms with Crippen LogP contribution in [0.2, 0.25) is 0 Å². The van der Waals surface area contributed by atoms with E-state index in [1.54, 1.807) is 0 Å². The Morgan fingerprint density at radius 2 is 2.00 bits per heavy atom. The summed E-state index contributed by atoms with van der Waals surface area (Å²) < 4.78 is 7.86. The van der Waals surface area contributed by atoms with Crippen LogP contribution in [0.3, 0.4) is 0 Å². The standard InChI is InChI=1S/C12H19N3O2/c16-8-12-14-13-11(15(12)9-4-5-9)7-10-3-1-2-6-17-10/h9-10,16H,1-8H2. The molecular formula is C12H19N3O2. The lowest BCUT2D eigenvalue weighted by Gasteiger charge is -2.22. The molecule has 5 nitrogen and oxygen atoms in total. The Bertz CT molecular complexity index is 381. The Morgan fingerprint density at radius 3 is 2.65 bits per heavy atom. The van der Waals surface area contributed by atoms with Gasteiger partial charge in [-0.1, -0.05) is 0 Å². The maximum atomic E-state index is 9.26. The highest BCUT2D eigenvalue weighted by atomic mass is 16.5. The lowest BCUT2D eigenvalue weighted by atomic mass is 10.1. The average molecular weight is 237 g/mol. The largest absolute Gasteiger partial charge is 0.388 e. The van der Waals surface area contributed by atoms with Crippen molar-refractivity contribution in [1.29, 1.82) is 0 Å². The molecule has 1 aromatic rings. The fraction of sp³-hybridized carbons (Fsp3) is 0.833. The van der Waals surface area contributed by atoms with E-state index in [1.807, 2.05) is 0 Å². The highest BCUT2D eigenvalue weighted by Gasteiger charge is 2.30. The smallest absolute Gasteiger partial charge is 0.159 e. The van der Waals surface area contributed by atoms with Gasteiger partial charge in [0.15, 0.2) is 5.82 Å². The zero-order chi connectivity index (χ0) is 11.7. The quantitative estimate of drug-likeness (QED) is 0.855. The summed E-state index contributed by atoms with van der Waals surface area (Å²) in [7, 11) is 0. The molecule has 3 rings (SSSR count). The van der Waals surface area contributed by atoms with E-state index >= 15 is 0 Å². The van der Waals surface area contributed by atoms with Crippen LogP contribution in [-0.2, 0) is 17.8 Å². The first kappa shape index (κ1) is 11.2. The van der Waals surface area contributed by atoms with Crippen molar-refractivity contribution in [2.24, 2.45) is 0 Å². The van der Waals surface area contributed by atoms with E-state index in [0.29, 0.717) is 11.9 Å². The third kappa shape index (κ3) is 2.35. The van der Waals surface area contributed by atoms with E-state index in [2.05, 4.69) is 14.8 Å². The summed E-state index contributed by atoms with van der Waals surface area (Å²) >= 11 is 0. The third-order valence-corrected chi connectivity index (χ3v) is 3.57. The summed E-state index contributed by atoms with van der Waals surface area (Å²) in [6, 6.07) is 0.519. The van der Waals surface area contributed by atoms with Crippen molar-refractivity contribution < 1.29 is 9.84 Å². The molecular weight excluding hydrogens is 218 g/mol. The number of aliphatic hydroxyl groups is 1. The maximum absolute atomic E-state index is 9.26. The fourth-order valence-corrected chi connectivity index (χ4v) is 2.53. The lowest BCUT2D eigenvalue weighted by molar-refractivity contribution is 0.0150. The normalized spacial score (nSPS) is 25.1. The number of hydrogen-bond donors (Lipinski definition) is 1. The van der Waals surface area contributed by atoms with Gasteiger partial charge in [-0.25, -0.2) is 0 Å². The van der Waals surface area contributed by atoms with E-state index in [-0.39, 0.29) is 12.7 Å². The molecule has 1 atom stereocenters. The van der Waals surface area contributed by atoms with Gasteiger partial charge >= 0.3 is 0 Å². The van der Waals surface area contributed by atoms with Gasteiger partial charge in [0, 0.05) is 19.1 Å². The van der Waals surface area contributed by atoms with Crippen LogP contribution in [0.4, 0.5) is 0 Å². The predicted molar refractivity (Wildman–Crippen MR) is 61.5 cm³/mol. The monoisotopic (exact) mass is 237 g/mol. The van der Waals surface area contributed by atoms with Crippen LogP contribution in [0.25, 0.3) is 0 Å². The second kappa shape index (κ2) is 4.74. The van der Waals surface area contributed by atoms with Gasteiger partial charge in [-0.05, 0) is 32.1 Å². The molecule has 5 heteroatoms. The molecule has 1 aliphatic heterocycles. The zero-order valence-electron chi connectivity index (χ0n) is 10.0. The topological polar surface area (TPSA) is 60.2 Å². The molecule has 1 aromatic heterocycles.